The van der Waals surface area contributed by atoms with Crippen LogP contribution in [0.25, 0.3) is 0 Å². The summed E-state index contributed by atoms with van der Waals surface area (Å²) in [7, 11) is 1.57. The summed E-state index contributed by atoms with van der Waals surface area (Å²) < 4.78 is 23.7. The zero-order valence-corrected chi connectivity index (χ0v) is 51.4. The maximum absolute atomic E-state index is 13.0. The standard InChI is InChI=1S/C66H127N2O6P/c1-6-8-10-12-14-16-18-20-22-24-25-26-27-28-29-30-31-32-33-34-35-36-37-38-39-40-41-42-43-44-46-48-50-52-54-56-58-60-66(70)67-64(63-74-75(71,72)73-62-61-68(3,4)5)65(69)59-57-55-53-51-49-47-45-23-21-19-17-15-13-11-9-7-2/h18,20,24-25,49,51,57,59,64-65,69H,6-17,19,21-23,26-48,50,52-56,58,60-63H2,1-5H3,(H-,67,70,71,72)/p+1/b20-18-,25-24-,51-49+,59-57+. The van der Waals surface area contributed by atoms with Crippen LogP contribution in [-0.2, 0) is 18.4 Å². The Kier molecular flexibility index (Phi) is 56.0. The molecule has 442 valence electrons. The quantitative estimate of drug-likeness (QED) is 0.0243. The number of nitrogens with zero attached hydrogens (tertiary/aromatic N) is 1. The van der Waals surface area contributed by atoms with Crippen molar-refractivity contribution in [2.45, 2.75) is 328 Å². The van der Waals surface area contributed by atoms with Gasteiger partial charge in [0, 0.05) is 6.42 Å². The Morgan fingerprint density at radius 2 is 0.773 bits per heavy atom. The van der Waals surface area contributed by atoms with E-state index in [9.17, 15) is 19.4 Å². The monoisotopic (exact) mass is 1080 g/mol. The number of rotatable bonds is 60. The van der Waals surface area contributed by atoms with E-state index in [0.29, 0.717) is 17.4 Å². The predicted octanol–water partition coefficient (Wildman–Crippen LogP) is 20.3. The van der Waals surface area contributed by atoms with E-state index < -0.39 is 20.0 Å². The molecule has 0 heterocycles. The molecule has 3 N–H and O–H groups in total. The molecule has 0 aromatic heterocycles. The minimum atomic E-state index is -4.35. The number of amides is 1. The highest BCUT2D eigenvalue weighted by Gasteiger charge is 2.27. The van der Waals surface area contributed by atoms with Gasteiger partial charge in [-0.1, -0.05) is 294 Å². The summed E-state index contributed by atoms with van der Waals surface area (Å²) in [4.78, 5) is 23.3. The molecule has 0 radical (unpaired) electrons. The Morgan fingerprint density at radius 3 is 1.15 bits per heavy atom. The van der Waals surface area contributed by atoms with Crippen LogP contribution in [0, 0.1) is 0 Å². The molecule has 1 amide bonds. The van der Waals surface area contributed by atoms with Crippen LogP contribution < -0.4 is 5.32 Å². The minimum absolute atomic E-state index is 0.0574. The highest BCUT2D eigenvalue weighted by atomic mass is 31.2. The number of carbonyl (C=O) groups excluding carboxylic acids is 1. The number of hydrogen-bond acceptors (Lipinski definition) is 5. The predicted molar refractivity (Wildman–Crippen MR) is 327 cm³/mol. The van der Waals surface area contributed by atoms with Crippen LogP contribution >= 0.6 is 7.82 Å². The van der Waals surface area contributed by atoms with Crippen LogP contribution in [0.5, 0.6) is 0 Å². The molecule has 0 bridgehead atoms. The fourth-order valence-corrected chi connectivity index (χ4v) is 10.4. The van der Waals surface area contributed by atoms with Crippen molar-refractivity contribution in [1.82, 2.24) is 5.32 Å². The van der Waals surface area contributed by atoms with Crippen LogP contribution in [0.15, 0.2) is 48.6 Å². The SMILES string of the molecule is CCCCCCC/C=C\C/C=C\CCCCCCCCCCCCCCCCCCCCCCCCCCCC(=O)NC(COP(=O)(O)OCC[N+](C)(C)C)C(O)/C=C/CC/C=C/CCCCCCCCCCCC. The van der Waals surface area contributed by atoms with Crippen molar-refractivity contribution in [3.05, 3.63) is 48.6 Å². The average Bonchev–Trinajstić information content (AvgIpc) is 3.37. The normalized spacial score (nSPS) is 14.1. The maximum atomic E-state index is 13.0. The van der Waals surface area contributed by atoms with Crippen LogP contribution in [0.3, 0.4) is 0 Å². The Balaban J connectivity index is 3.96. The van der Waals surface area contributed by atoms with Gasteiger partial charge in [-0.15, -0.1) is 0 Å². The Bertz CT molecular complexity index is 1360. The largest absolute Gasteiger partial charge is 0.472 e. The second kappa shape index (κ2) is 57.2. The van der Waals surface area contributed by atoms with Gasteiger partial charge in [0.1, 0.15) is 13.2 Å². The first-order valence-electron chi connectivity index (χ1n) is 32.5. The Hall–Kier alpha value is -1.54. The van der Waals surface area contributed by atoms with Gasteiger partial charge in [-0.05, 0) is 64.2 Å². The third-order valence-corrected chi connectivity index (χ3v) is 15.8. The number of carbonyl (C=O) groups is 1. The van der Waals surface area contributed by atoms with Gasteiger partial charge >= 0.3 is 7.82 Å². The highest BCUT2D eigenvalue weighted by molar-refractivity contribution is 7.47. The molecule has 0 spiro atoms. The van der Waals surface area contributed by atoms with E-state index in [0.717, 1.165) is 44.9 Å². The lowest BCUT2D eigenvalue weighted by Crippen LogP contribution is -2.45. The number of allylic oxidation sites excluding steroid dienone is 7. The molecule has 0 saturated carbocycles. The van der Waals surface area contributed by atoms with Gasteiger partial charge in [0.15, 0.2) is 0 Å². The number of quaternary nitrogens is 1. The lowest BCUT2D eigenvalue weighted by Gasteiger charge is -2.25. The van der Waals surface area contributed by atoms with Gasteiger partial charge in [-0.3, -0.25) is 13.8 Å². The number of aliphatic hydroxyl groups excluding tert-OH is 1. The smallest absolute Gasteiger partial charge is 0.387 e. The van der Waals surface area contributed by atoms with E-state index in [1.807, 2.05) is 27.2 Å². The summed E-state index contributed by atoms with van der Waals surface area (Å²) in [5.74, 6) is -0.182. The molecule has 0 aromatic carbocycles. The maximum Gasteiger partial charge on any atom is 0.472 e. The third-order valence-electron chi connectivity index (χ3n) is 14.8. The number of phosphoric acid groups is 1. The van der Waals surface area contributed by atoms with Crippen molar-refractivity contribution < 1.29 is 32.9 Å². The van der Waals surface area contributed by atoms with Crippen LogP contribution in [-0.4, -0.2) is 73.4 Å². The van der Waals surface area contributed by atoms with Crippen molar-refractivity contribution in [2.24, 2.45) is 0 Å². The molecule has 8 nitrogen and oxygen atoms in total. The van der Waals surface area contributed by atoms with Crippen molar-refractivity contribution in [2.75, 3.05) is 40.9 Å². The second-order valence-electron chi connectivity index (χ2n) is 23.5. The summed E-state index contributed by atoms with van der Waals surface area (Å²) in [6, 6.07) is -0.862. The molecule has 0 aliphatic heterocycles. The number of phosphoric ester groups is 1. The molecule has 3 unspecified atom stereocenters. The van der Waals surface area contributed by atoms with Crippen LogP contribution in [0.2, 0.25) is 0 Å². The van der Waals surface area contributed by atoms with Crippen LogP contribution in [0.1, 0.15) is 316 Å². The molecule has 75 heavy (non-hydrogen) atoms. The molecule has 0 saturated heterocycles. The molecule has 0 aliphatic carbocycles. The van der Waals surface area contributed by atoms with E-state index in [1.54, 1.807) is 6.08 Å². The molecule has 0 fully saturated rings. The lowest BCUT2D eigenvalue weighted by atomic mass is 10.0. The fourth-order valence-electron chi connectivity index (χ4n) is 9.68. The van der Waals surface area contributed by atoms with Gasteiger partial charge in [0.25, 0.3) is 0 Å². The van der Waals surface area contributed by atoms with Crippen molar-refractivity contribution in [1.29, 1.82) is 0 Å². The molecule has 9 heteroatoms. The van der Waals surface area contributed by atoms with Gasteiger partial charge in [-0.25, -0.2) is 4.57 Å². The van der Waals surface area contributed by atoms with Crippen LogP contribution in [0.4, 0.5) is 0 Å². The van der Waals surface area contributed by atoms with Crippen molar-refractivity contribution >= 4 is 13.7 Å². The molecule has 3 atom stereocenters. The van der Waals surface area contributed by atoms with Gasteiger partial charge in [0.05, 0.1) is 39.9 Å². The molecular formula is C66H128N2O6P+. The molecular weight excluding hydrogens is 948 g/mol. The van der Waals surface area contributed by atoms with E-state index in [2.05, 4.69) is 55.6 Å². The van der Waals surface area contributed by atoms with Gasteiger partial charge < -0.3 is 19.8 Å². The summed E-state index contributed by atoms with van der Waals surface area (Å²) in [5, 5.41) is 13.9. The van der Waals surface area contributed by atoms with E-state index >= 15 is 0 Å². The Labute approximate surface area is 467 Å². The summed E-state index contributed by atoms with van der Waals surface area (Å²) in [6.07, 6.45) is 76.9. The summed E-state index contributed by atoms with van der Waals surface area (Å²) >= 11 is 0. The number of hydrogen-bond donors (Lipinski definition) is 3. The first-order valence-corrected chi connectivity index (χ1v) is 34.0. The summed E-state index contributed by atoms with van der Waals surface area (Å²) in [5.41, 5.74) is 0. The van der Waals surface area contributed by atoms with Crippen molar-refractivity contribution in [3.8, 4) is 0 Å². The molecule has 0 rings (SSSR count). The van der Waals surface area contributed by atoms with Gasteiger partial charge in [-0.2, -0.15) is 0 Å². The number of nitrogens with one attached hydrogen (secondary N) is 1. The first-order chi connectivity index (χ1) is 36.5. The average molecular weight is 1080 g/mol. The molecule has 0 aliphatic rings. The second-order valence-corrected chi connectivity index (χ2v) is 24.9. The third kappa shape index (κ3) is 60.0. The number of unbranched alkanes of at least 4 members (excludes halogenated alkanes) is 41. The minimum Gasteiger partial charge on any atom is -0.387 e. The first kappa shape index (κ1) is 73.5. The number of likely N-dealkylation sites (N-methyl/N-ethyl adjacent to an activating group) is 1. The van der Waals surface area contributed by atoms with E-state index in [4.69, 9.17) is 9.05 Å². The topological polar surface area (TPSA) is 105 Å². The molecule has 0 aromatic rings. The lowest BCUT2D eigenvalue weighted by molar-refractivity contribution is -0.870. The van der Waals surface area contributed by atoms with E-state index in [-0.39, 0.29) is 19.1 Å². The number of aliphatic hydroxyl groups is 1. The Morgan fingerprint density at radius 1 is 0.453 bits per heavy atom. The summed E-state index contributed by atoms with van der Waals surface area (Å²) in [6.45, 7) is 4.81. The zero-order chi connectivity index (χ0) is 54.9. The fraction of sp³-hybridized carbons (Fsp3) is 0.864. The van der Waals surface area contributed by atoms with E-state index in [1.165, 1.54) is 250 Å². The highest BCUT2D eigenvalue weighted by Crippen LogP contribution is 2.43. The van der Waals surface area contributed by atoms with Crippen molar-refractivity contribution in [3.63, 3.8) is 0 Å². The zero-order valence-electron chi connectivity index (χ0n) is 50.6. The van der Waals surface area contributed by atoms with Gasteiger partial charge in [0.2, 0.25) is 5.91 Å².